The van der Waals surface area contributed by atoms with Gasteiger partial charge in [-0.15, -0.1) is 11.3 Å². The van der Waals surface area contributed by atoms with Gasteiger partial charge in [-0.1, -0.05) is 0 Å². The fourth-order valence-electron chi connectivity index (χ4n) is 1.23. The van der Waals surface area contributed by atoms with Gasteiger partial charge >= 0.3 is 5.69 Å². The highest BCUT2D eigenvalue weighted by Gasteiger charge is 2.12. The Bertz CT molecular complexity index is 528. The molecule has 0 aromatic carbocycles. The Balaban J connectivity index is 2.07. The van der Waals surface area contributed by atoms with Crippen molar-refractivity contribution in [3.05, 3.63) is 38.8 Å². The molecule has 0 saturated heterocycles. The molecular formula is C9H9N5O2S. The molecule has 8 heteroatoms. The Hall–Kier alpha value is -2.22. The van der Waals surface area contributed by atoms with E-state index < -0.39 is 4.92 Å². The van der Waals surface area contributed by atoms with Crippen molar-refractivity contribution in [1.29, 1.82) is 0 Å². The number of nitro groups is 1. The number of nitrogens with zero attached hydrogens (tertiary/aromatic N) is 3. The molecule has 17 heavy (non-hydrogen) atoms. The highest BCUT2D eigenvalue weighted by atomic mass is 32.1. The summed E-state index contributed by atoms with van der Waals surface area (Å²) in [4.78, 5) is 18.0. The molecule has 2 heterocycles. The van der Waals surface area contributed by atoms with E-state index in [-0.39, 0.29) is 11.5 Å². The molecule has 88 valence electrons. The van der Waals surface area contributed by atoms with Crippen molar-refractivity contribution in [1.82, 2.24) is 9.97 Å². The van der Waals surface area contributed by atoms with Crippen molar-refractivity contribution in [2.45, 2.75) is 6.54 Å². The zero-order valence-electron chi connectivity index (χ0n) is 8.66. The molecule has 3 N–H and O–H groups in total. The smallest absolute Gasteiger partial charge is 0.311 e. The van der Waals surface area contributed by atoms with Crippen molar-refractivity contribution in [2.75, 3.05) is 11.1 Å². The summed E-state index contributed by atoms with van der Waals surface area (Å²) in [6.07, 6.45) is 0. The van der Waals surface area contributed by atoms with Gasteiger partial charge in [-0.3, -0.25) is 10.1 Å². The molecule has 2 rings (SSSR count). The molecule has 7 nitrogen and oxygen atoms in total. The minimum Gasteiger partial charge on any atom is -0.378 e. The van der Waals surface area contributed by atoms with Crippen molar-refractivity contribution < 1.29 is 4.92 Å². The predicted octanol–water partition coefficient (Wildman–Crippen LogP) is 1.64. The lowest BCUT2D eigenvalue weighted by Gasteiger charge is -2.04. The Morgan fingerprint density at radius 1 is 1.53 bits per heavy atom. The number of thiazole rings is 1. The van der Waals surface area contributed by atoms with Crippen LogP contribution in [0.2, 0.25) is 0 Å². The molecule has 0 amide bonds. The molecule has 0 unspecified atom stereocenters. The van der Waals surface area contributed by atoms with Crippen molar-refractivity contribution in [2.24, 2.45) is 0 Å². The van der Waals surface area contributed by atoms with E-state index >= 15 is 0 Å². The van der Waals surface area contributed by atoms with Gasteiger partial charge in [0.25, 0.3) is 0 Å². The average Bonchev–Trinajstić information content (AvgIpc) is 2.78. The summed E-state index contributed by atoms with van der Waals surface area (Å²) in [6.45, 7) is 0.508. The summed E-state index contributed by atoms with van der Waals surface area (Å²) in [5.74, 6) is 0.388. The van der Waals surface area contributed by atoms with Crippen LogP contribution in [0.1, 0.15) is 5.69 Å². The maximum Gasteiger partial charge on any atom is 0.311 e. The zero-order valence-corrected chi connectivity index (χ0v) is 9.48. The monoisotopic (exact) mass is 251 g/mol. The summed E-state index contributed by atoms with van der Waals surface area (Å²) in [5, 5.41) is 15.4. The zero-order chi connectivity index (χ0) is 12.3. The second kappa shape index (κ2) is 4.74. The standard InChI is InChI=1S/C9H9N5O2S/c10-9-7(14(15)16)1-2-8(13-9)11-3-6-4-17-5-12-6/h1-2,4-5H,3H2,(H3,10,11,13). The van der Waals surface area contributed by atoms with Gasteiger partial charge < -0.3 is 11.1 Å². The van der Waals surface area contributed by atoms with Crippen LogP contribution in [-0.4, -0.2) is 14.9 Å². The average molecular weight is 251 g/mol. The van der Waals surface area contributed by atoms with Crippen LogP contribution in [0.5, 0.6) is 0 Å². The lowest BCUT2D eigenvalue weighted by molar-refractivity contribution is -0.384. The van der Waals surface area contributed by atoms with Crippen LogP contribution in [0, 0.1) is 10.1 Å². The van der Waals surface area contributed by atoms with Crippen LogP contribution in [0.3, 0.4) is 0 Å². The first kappa shape index (κ1) is 11.3. The van der Waals surface area contributed by atoms with Gasteiger partial charge in [0.05, 0.1) is 22.7 Å². The fraction of sp³-hybridized carbons (Fsp3) is 0.111. The lowest BCUT2D eigenvalue weighted by atomic mass is 10.3. The first-order chi connectivity index (χ1) is 8.16. The van der Waals surface area contributed by atoms with Gasteiger partial charge in [0.2, 0.25) is 5.82 Å². The Labute approximate surface area is 100 Å². The normalized spacial score (nSPS) is 10.1. The molecule has 0 atom stereocenters. The second-order valence-corrected chi connectivity index (χ2v) is 3.91. The van der Waals surface area contributed by atoms with Crippen LogP contribution >= 0.6 is 11.3 Å². The van der Waals surface area contributed by atoms with E-state index in [4.69, 9.17) is 5.73 Å². The Morgan fingerprint density at radius 3 is 2.94 bits per heavy atom. The Kier molecular flexibility index (Phi) is 3.15. The summed E-state index contributed by atoms with van der Waals surface area (Å²) >= 11 is 1.50. The number of hydrogen-bond donors (Lipinski definition) is 2. The van der Waals surface area contributed by atoms with Crippen LogP contribution in [0.25, 0.3) is 0 Å². The minimum atomic E-state index is -0.563. The van der Waals surface area contributed by atoms with Crippen molar-refractivity contribution in [3.63, 3.8) is 0 Å². The second-order valence-electron chi connectivity index (χ2n) is 3.19. The van der Waals surface area contributed by atoms with Gasteiger partial charge in [0.1, 0.15) is 5.82 Å². The highest BCUT2D eigenvalue weighted by Crippen LogP contribution is 2.20. The van der Waals surface area contributed by atoms with Crippen LogP contribution < -0.4 is 11.1 Å². The van der Waals surface area contributed by atoms with E-state index in [1.165, 1.54) is 23.5 Å². The first-order valence-corrected chi connectivity index (χ1v) is 5.63. The van der Waals surface area contributed by atoms with Crippen molar-refractivity contribution >= 4 is 28.7 Å². The molecule has 0 saturated carbocycles. The number of pyridine rings is 1. The number of hydrogen-bond acceptors (Lipinski definition) is 7. The summed E-state index contributed by atoms with van der Waals surface area (Å²) in [6, 6.07) is 2.84. The van der Waals surface area contributed by atoms with Gasteiger partial charge in [0.15, 0.2) is 0 Å². The molecule has 0 spiro atoms. The van der Waals surface area contributed by atoms with E-state index in [0.29, 0.717) is 12.4 Å². The molecule has 2 aromatic rings. The maximum absolute atomic E-state index is 10.5. The van der Waals surface area contributed by atoms with Gasteiger partial charge in [-0.25, -0.2) is 9.97 Å². The third-order valence-electron chi connectivity index (χ3n) is 2.03. The van der Waals surface area contributed by atoms with Crippen LogP contribution in [0.4, 0.5) is 17.3 Å². The first-order valence-electron chi connectivity index (χ1n) is 4.68. The van der Waals surface area contributed by atoms with E-state index in [1.807, 2.05) is 5.38 Å². The number of nitrogens with one attached hydrogen (secondary N) is 1. The molecule has 0 aliphatic heterocycles. The number of rotatable bonds is 4. The molecule has 0 bridgehead atoms. The number of aromatic nitrogens is 2. The quantitative estimate of drug-likeness (QED) is 0.631. The fourth-order valence-corrected chi connectivity index (χ4v) is 1.78. The summed E-state index contributed by atoms with van der Waals surface area (Å²) in [7, 11) is 0. The molecular weight excluding hydrogens is 242 g/mol. The van der Waals surface area contributed by atoms with Crippen LogP contribution in [0.15, 0.2) is 23.0 Å². The number of anilines is 2. The van der Waals surface area contributed by atoms with E-state index in [2.05, 4.69) is 15.3 Å². The van der Waals surface area contributed by atoms with E-state index in [1.54, 1.807) is 5.51 Å². The van der Waals surface area contributed by atoms with E-state index in [9.17, 15) is 10.1 Å². The van der Waals surface area contributed by atoms with Crippen LogP contribution in [-0.2, 0) is 6.54 Å². The topological polar surface area (TPSA) is 107 Å². The minimum absolute atomic E-state index is 0.0988. The van der Waals surface area contributed by atoms with E-state index in [0.717, 1.165) is 5.69 Å². The predicted molar refractivity (Wildman–Crippen MR) is 64.7 cm³/mol. The van der Waals surface area contributed by atoms with Gasteiger partial charge in [-0.05, 0) is 6.07 Å². The molecule has 0 fully saturated rings. The molecule has 0 aliphatic carbocycles. The van der Waals surface area contributed by atoms with Crippen molar-refractivity contribution in [3.8, 4) is 0 Å². The lowest BCUT2D eigenvalue weighted by Crippen LogP contribution is -2.04. The highest BCUT2D eigenvalue weighted by molar-refractivity contribution is 7.07. The third-order valence-corrected chi connectivity index (χ3v) is 2.67. The summed E-state index contributed by atoms with van der Waals surface area (Å²) in [5.41, 5.74) is 7.89. The van der Waals surface area contributed by atoms with Gasteiger partial charge in [-0.2, -0.15) is 0 Å². The molecule has 0 radical (unpaired) electrons. The largest absolute Gasteiger partial charge is 0.378 e. The molecule has 2 aromatic heterocycles. The number of nitrogens with two attached hydrogens (primary N) is 1. The molecule has 0 aliphatic rings. The third kappa shape index (κ3) is 2.67. The number of nitrogen functional groups attached to an aromatic ring is 1. The SMILES string of the molecule is Nc1nc(NCc2cscn2)ccc1[N+](=O)[O-]. The summed E-state index contributed by atoms with van der Waals surface area (Å²) < 4.78 is 0. The maximum atomic E-state index is 10.5. The van der Waals surface area contributed by atoms with Gasteiger partial charge in [0, 0.05) is 11.4 Å². The Morgan fingerprint density at radius 2 is 2.35 bits per heavy atom.